The summed E-state index contributed by atoms with van der Waals surface area (Å²) in [6.45, 7) is 4.45. The normalized spacial score (nSPS) is 12.2. The van der Waals surface area contributed by atoms with Crippen molar-refractivity contribution in [3.05, 3.63) is 0 Å². The Hall–Kier alpha value is -1.30. The molecule has 2 amide bonds. The highest BCUT2D eigenvalue weighted by Gasteiger charge is 2.18. The third kappa shape index (κ3) is 8.50. The van der Waals surface area contributed by atoms with Crippen LogP contribution in [-0.4, -0.2) is 41.4 Å². The summed E-state index contributed by atoms with van der Waals surface area (Å²) >= 11 is 0. The van der Waals surface area contributed by atoms with Gasteiger partial charge >= 0.3 is 12.0 Å². The summed E-state index contributed by atoms with van der Waals surface area (Å²) < 4.78 is 0. The molecule has 0 aliphatic carbocycles. The van der Waals surface area contributed by atoms with Gasteiger partial charge in [0.05, 0.1) is 0 Å². The Morgan fingerprint density at radius 1 is 1.24 bits per heavy atom. The van der Waals surface area contributed by atoms with Crippen LogP contribution in [-0.2, 0) is 4.79 Å². The third-order valence-corrected chi connectivity index (χ3v) is 2.27. The maximum absolute atomic E-state index is 11.3. The van der Waals surface area contributed by atoms with E-state index >= 15 is 0 Å². The fourth-order valence-corrected chi connectivity index (χ4v) is 1.31. The molecule has 1 atom stereocenters. The van der Waals surface area contributed by atoms with Gasteiger partial charge in [0.1, 0.15) is 6.04 Å². The van der Waals surface area contributed by atoms with E-state index in [0.29, 0.717) is 12.5 Å². The molecule has 100 valence electrons. The van der Waals surface area contributed by atoms with E-state index in [1.54, 1.807) is 0 Å². The van der Waals surface area contributed by atoms with Gasteiger partial charge in [0.25, 0.3) is 0 Å². The predicted octanol–water partition coefficient (Wildman–Crippen LogP) is 0.557. The zero-order chi connectivity index (χ0) is 13.3. The molecule has 17 heavy (non-hydrogen) atoms. The number of hydrogen-bond acceptors (Lipinski definition) is 3. The summed E-state index contributed by atoms with van der Waals surface area (Å²) in [5.74, 6) is -0.558. The van der Waals surface area contributed by atoms with Crippen molar-refractivity contribution in [2.24, 2.45) is 5.92 Å². The average molecular weight is 246 g/mol. The Bertz CT molecular complexity index is 244. The molecule has 0 aliphatic rings. The van der Waals surface area contributed by atoms with Crippen LogP contribution in [0.25, 0.3) is 0 Å². The highest BCUT2D eigenvalue weighted by Crippen LogP contribution is 2.01. The maximum Gasteiger partial charge on any atom is 0.326 e. The van der Waals surface area contributed by atoms with Crippen molar-refractivity contribution in [1.82, 2.24) is 10.6 Å². The fourth-order valence-electron chi connectivity index (χ4n) is 1.31. The predicted molar refractivity (Wildman–Crippen MR) is 63.7 cm³/mol. The molecule has 0 aromatic rings. The molecule has 0 aliphatic heterocycles. The third-order valence-electron chi connectivity index (χ3n) is 2.27. The second-order valence-corrected chi connectivity index (χ2v) is 4.34. The molecule has 0 bridgehead atoms. The van der Waals surface area contributed by atoms with Crippen molar-refractivity contribution >= 4 is 12.0 Å². The standard InChI is InChI=1S/C11H22N2O4/c1-8(2)4-3-6-12-11(17)13-9(5-7-14)10(15)16/h8-9,14H,3-7H2,1-2H3,(H,15,16)(H2,12,13,17)/t9-/m0/s1. The minimum absolute atomic E-state index is 0.00868. The quantitative estimate of drug-likeness (QED) is 0.470. The number of hydrogen-bond donors (Lipinski definition) is 4. The van der Waals surface area contributed by atoms with Crippen LogP contribution in [0.5, 0.6) is 0 Å². The molecule has 0 rings (SSSR count). The number of carboxylic acid groups (broad SMARTS) is 1. The molecule has 6 nitrogen and oxygen atoms in total. The van der Waals surface area contributed by atoms with Gasteiger partial charge in [0, 0.05) is 19.6 Å². The molecule has 0 unspecified atom stereocenters. The summed E-state index contributed by atoms with van der Waals surface area (Å²) in [5, 5.41) is 22.3. The van der Waals surface area contributed by atoms with Crippen molar-refractivity contribution in [3.8, 4) is 0 Å². The number of carboxylic acids is 1. The van der Waals surface area contributed by atoms with Crippen LogP contribution in [0, 0.1) is 5.92 Å². The van der Waals surface area contributed by atoms with E-state index in [0.717, 1.165) is 12.8 Å². The summed E-state index contributed by atoms with van der Waals surface area (Å²) in [6.07, 6.45) is 1.89. The Morgan fingerprint density at radius 2 is 1.88 bits per heavy atom. The lowest BCUT2D eigenvalue weighted by molar-refractivity contribution is -0.139. The lowest BCUT2D eigenvalue weighted by atomic mass is 10.1. The number of carbonyl (C=O) groups excluding carboxylic acids is 1. The van der Waals surface area contributed by atoms with E-state index in [9.17, 15) is 9.59 Å². The van der Waals surface area contributed by atoms with Gasteiger partial charge in [-0.15, -0.1) is 0 Å². The highest BCUT2D eigenvalue weighted by atomic mass is 16.4. The number of carbonyl (C=O) groups is 2. The van der Waals surface area contributed by atoms with E-state index in [4.69, 9.17) is 10.2 Å². The van der Waals surface area contributed by atoms with Gasteiger partial charge in [-0.3, -0.25) is 0 Å². The molecule has 0 aromatic heterocycles. The number of aliphatic hydroxyl groups is 1. The smallest absolute Gasteiger partial charge is 0.326 e. The van der Waals surface area contributed by atoms with Gasteiger partial charge < -0.3 is 20.8 Å². The zero-order valence-electron chi connectivity index (χ0n) is 10.4. The van der Waals surface area contributed by atoms with Crippen LogP contribution in [0.4, 0.5) is 4.79 Å². The van der Waals surface area contributed by atoms with Crippen molar-refractivity contribution in [3.63, 3.8) is 0 Å². The van der Waals surface area contributed by atoms with E-state index < -0.39 is 18.0 Å². The first-order valence-corrected chi connectivity index (χ1v) is 5.85. The SMILES string of the molecule is CC(C)CCCNC(=O)N[C@@H](CCO)C(=O)O. The number of nitrogens with one attached hydrogen (secondary N) is 2. The van der Waals surface area contributed by atoms with Crippen LogP contribution < -0.4 is 10.6 Å². The van der Waals surface area contributed by atoms with E-state index in [-0.39, 0.29) is 13.0 Å². The lowest BCUT2D eigenvalue weighted by Gasteiger charge is -2.14. The Kier molecular flexibility index (Phi) is 8.13. The number of rotatable bonds is 8. The molecule has 4 N–H and O–H groups in total. The summed E-state index contributed by atoms with van der Waals surface area (Å²) in [5.41, 5.74) is 0. The second-order valence-electron chi connectivity index (χ2n) is 4.34. The molecule has 0 saturated heterocycles. The van der Waals surface area contributed by atoms with Gasteiger partial charge in [-0.1, -0.05) is 13.8 Å². The van der Waals surface area contributed by atoms with Crippen LogP contribution in [0.15, 0.2) is 0 Å². The lowest BCUT2D eigenvalue weighted by Crippen LogP contribution is -2.46. The van der Waals surface area contributed by atoms with Crippen LogP contribution >= 0.6 is 0 Å². The van der Waals surface area contributed by atoms with Crippen LogP contribution in [0.2, 0.25) is 0 Å². The van der Waals surface area contributed by atoms with Crippen molar-refractivity contribution < 1.29 is 19.8 Å². The largest absolute Gasteiger partial charge is 0.480 e. The van der Waals surface area contributed by atoms with Crippen LogP contribution in [0.3, 0.4) is 0 Å². The number of aliphatic hydroxyl groups excluding tert-OH is 1. The Labute approximate surface area is 101 Å². The van der Waals surface area contributed by atoms with Crippen molar-refractivity contribution in [2.75, 3.05) is 13.2 Å². The minimum Gasteiger partial charge on any atom is -0.480 e. The van der Waals surface area contributed by atoms with Gasteiger partial charge in [-0.05, 0) is 18.8 Å². The molecule has 0 radical (unpaired) electrons. The molecule has 6 heteroatoms. The van der Waals surface area contributed by atoms with E-state index in [2.05, 4.69) is 24.5 Å². The molecule has 0 heterocycles. The van der Waals surface area contributed by atoms with Crippen LogP contribution in [0.1, 0.15) is 33.1 Å². The van der Waals surface area contributed by atoms with Gasteiger partial charge in [0.2, 0.25) is 0 Å². The van der Waals surface area contributed by atoms with Crippen molar-refractivity contribution in [2.45, 2.75) is 39.2 Å². The first-order valence-electron chi connectivity index (χ1n) is 5.85. The number of urea groups is 1. The molecule has 0 aromatic carbocycles. The minimum atomic E-state index is -1.14. The second kappa shape index (κ2) is 8.81. The molecule has 0 fully saturated rings. The first-order chi connectivity index (χ1) is 7.97. The van der Waals surface area contributed by atoms with Gasteiger partial charge in [0.15, 0.2) is 0 Å². The van der Waals surface area contributed by atoms with Crippen molar-refractivity contribution in [1.29, 1.82) is 0 Å². The maximum atomic E-state index is 11.3. The molecule has 0 spiro atoms. The topological polar surface area (TPSA) is 98.7 Å². The molecule has 0 saturated carbocycles. The molecular weight excluding hydrogens is 224 g/mol. The van der Waals surface area contributed by atoms with Gasteiger partial charge in [-0.2, -0.15) is 0 Å². The van der Waals surface area contributed by atoms with E-state index in [1.807, 2.05) is 0 Å². The summed E-state index contributed by atoms with van der Waals surface area (Å²) in [6, 6.07) is -1.54. The Morgan fingerprint density at radius 3 is 2.35 bits per heavy atom. The molecular formula is C11H22N2O4. The Balaban J connectivity index is 3.78. The first kappa shape index (κ1) is 15.7. The van der Waals surface area contributed by atoms with E-state index in [1.165, 1.54) is 0 Å². The summed E-state index contributed by atoms with van der Waals surface area (Å²) in [4.78, 5) is 22.0. The average Bonchev–Trinajstić information content (AvgIpc) is 2.23. The zero-order valence-corrected chi connectivity index (χ0v) is 10.4. The fraction of sp³-hybridized carbons (Fsp3) is 0.818. The highest BCUT2D eigenvalue weighted by molar-refractivity contribution is 5.82. The monoisotopic (exact) mass is 246 g/mol. The number of aliphatic carboxylic acids is 1. The van der Waals surface area contributed by atoms with Gasteiger partial charge in [-0.25, -0.2) is 9.59 Å². The number of amides is 2. The summed E-state index contributed by atoms with van der Waals surface area (Å²) in [7, 11) is 0.